The maximum Gasteiger partial charge on any atom is 0.230 e. The Hall–Kier alpha value is -1.85. The minimum atomic E-state index is -0.137. The van der Waals surface area contributed by atoms with Crippen molar-refractivity contribution < 1.29 is 9.53 Å². The Balaban J connectivity index is 1.56. The number of fused-ring (bicyclic) bond motifs is 2. The smallest absolute Gasteiger partial charge is 0.230 e. The monoisotopic (exact) mass is 326 g/mol. The molecule has 0 unspecified atom stereocenters. The summed E-state index contributed by atoms with van der Waals surface area (Å²) >= 11 is 1.71. The van der Waals surface area contributed by atoms with Crippen LogP contribution in [0.4, 0.5) is 5.69 Å². The summed E-state index contributed by atoms with van der Waals surface area (Å²) in [5.41, 5.74) is 3.38. The molecule has 0 radical (unpaired) electrons. The molecular weight excluding hydrogens is 308 g/mol. The zero-order valence-corrected chi connectivity index (χ0v) is 13.6. The fraction of sp³-hybridized carbons (Fsp3) is 0.333. The van der Waals surface area contributed by atoms with Crippen LogP contribution in [-0.2, 0) is 16.0 Å². The van der Waals surface area contributed by atoms with Gasteiger partial charge in [0.1, 0.15) is 5.03 Å². The van der Waals surface area contributed by atoms with Crippen LogP contribution in [0.5, 0.6) is 0 Å². The molecule has 1 atom stereocenters. The molecule has 0 fully saturated rings. The van der Waals surface area contributed by atoms with Gasteiger partial charge in [0.25, 0.3) is 0 Å². The summed E-state index contributed by atoms with van der Waals surface area (Å²) in [5, 5.41) is 0.942. The number of aromatic nitrogens is 1. The lowest BCUT2D eigenvalue weighted by Gasteiger charge is -2.31. The number of pyridine rings is 1. The Kier molecular flexibility index (Phi) is 4.06. The van der Waals surface area contributed by atoms with E-state index in [4.69, 9.17) is 4.74 Å². The van der Waals surface area contributed by atoms with Crippen molar-refractivity contribution in [3.8, 4) is 0 Å². The highest BCUT2D eigenvalue weighted by Gasteiger charge is 2.28. The number of amides is 1. The first-order chi connectivity index (χ1) is 11.3. The highest BCUT2D eigenvalue weighted by molar-refractivity contribution is 7.99. The largest absolute Gasteiger partial charge is 0.373 e. The van der Waals surface area contributed by atoms with E-state index in [1.54, 1.807) is 18.0 Å². The van der Waals surface area contributed by atoms with Crippen molar-refractivity contribution in [1.29, 1.82) is 0 Å². The van der Waals surface area contributed by atoms with Gasteiger partial charge in [-0.15, -0.1) is 11.8 Å². The van der Waals surface area contributed by atoms with Crippen LogP contribution in [0, 0.1) is 0 Å². The van der Waals surface area contributed by atoms with E-state index in [9.17, 15) is 4.79 Å². The van der Waals surface area contributed by atoms with Crippen molar-refractivity contribution in [2.45, 2.75) is 24.0 Å². The number of carbonyl (C=O) groups is 1. The number of hydrogen-bond acceptors (Lipinski definition) is 4. The lowest BCUT2D eigenvalue weighted by molar-refractivity contribution is -0.121. The molecular formula is C18H18N2O2S. The van der Waals surface area contributed by atoms with E-state index < -0.39 is 0 Å². The number of benzene rings is 1. The van der Waals surface area contributed by atoms with Crippen molar-refractivity contribution in [3.05, 3.63) is 53.7 Å². The minimum absolute atomic E-state index is 0.112. The third kappa shape index (κ3) is 2.86. The second-order valence-corrected chi connectivity index (χ2v) is 6.82. The van der Waals surface area contributed by atoms with Gasteiger partial charge in [-0.2, -0.15) is 0 Å². The summed E-state index contributed by atoms with van der Waals surface area (Å²) in [6.45, 7) is 1.42. The van der Waals surface area contributed by atoms with Crippen LogP contribution in [0.15, 0.2) is 47.6 Å². The molecule has 3 heterocycles. The molecule has 23 heavy (non-hydrogen) atoms. The van der Waals surface area contributed by atoms with Gasteiger partial charge >= 0.3 is 0 Å². The first-order valence-corrected chi connectivity index (χ1v) is 8.89. The summed E-state index contributed by atoms with van der Waals surface area (Å²) < 4.78 is 5.89. The number of anilines is 1. The highest BCUT2D eigenvalue weighted by Crippen LogP contribution is 2.35. The lowest BCUT2D eigenvalue weighted by Crippen LogP contribution is -2.37. The van der Waals surface area contributed by atoms with Gasteiger partial charge in [-0.25, -0.2) is 4.98 Å². The zero-order valence-electron chi connectivity index (χ0n) is 12.8. The highest BCUT2D eigenvalue weighted by atomic mass is 32.2. The fourth-order valence-corrected chi connectivity index (χ4v) is 4.16. The molecule has 5 heteroatoms. The topological polar surface area (TPSA) is 42.4 Å². The molecule has 2 aliphatic rings. The summed E-state index contributed by atoms with van der Waals surface area (Å²) in [6.07, 6.45) is 2.95. The normalized spacial score (nSPS) is 19.8. The van der Waals surface area contributed by atoms with Crippen LogP contribution in [0.2, 0.25) is 0 Å². The quantitative estimate of drug-likeness (QED) is 0.850. The predicted octanol–water partition coefficient (Wildman–Crippen LogP) is 3.22. The van der Waals surface area contributed by atoms with Crippen LogP contribution in [0.1, 0.15) is 23.7 Å². The number of nitrogens with zero attached hydrogens (tertiary/aromatic N) is 2. The first kappa shape index (κ1) is 14.7. The molecule has 0 aliphatic carbocycles. The molecule has 0 saturated heterocycles. The second-order valence-electron chi connectivity index (χ2n) is 5.73. The Labute approximate surface area is 139 Å². The third-order valence-corrected chi connectivity index (χ3v) is 5.32. The van der Waals surface area contributed by atoms with E-state index in [1.807, 2.05) is 29.2 Å². The van der Waals surface area contributed by atoms with Gasteiger partial charge in [-0.1, -0.05) is 24.3 Å². The molecule has 1 aromatic heterocycles. The number of thioether (sulfide) groups is 1. The maximum atomic E-state index is 12.8. The second kappa shape index (κ2) is 6.34. The van der Waals surface area contributed by atoms with Gasteiger partial charge in [0, 0.05) is 18.5 Å². The van der Waals surface area contributed by atoms with Crippen molar-refractivity contribution in [3.63, 3.8) is 0 Å². The number of rotatable bonds is 2. The van der Waals surface area contributed by atoms with E-state index in [0.717, 1.165) is 35.0 Å². The van der Waals surface area contributed by atoms with E-state index in [2.05, 4.69) is 17.1 Å². The van der Waals surface area contributed by atoms with Crippen LogP contribution in [0.3, 0.4) is 0 Å². The molecule has 0 bridgehead atoms. The SMILES string of the molecule is O=C(C[C@H]1OCCc2ccccc21)N1CCSc2ncccc21. The van der Waals surface area contributed by atoms with Crippen molar-refractivity contribution in [2.75, 3.05) is 23.8 Å². The van der Waals surface area contributed by atoms with Gasteiger partial charge < -0.3 is 9.64 Å². The standard InChI is InChI=1S/C18H18N2O2S/c21-17(20-9-11-23-18-15(20)6-3-8-19-18)12-16-14-5-2-1-4-13(14)7-10-22-16/h1-6,8,16H,7,9-12H2/t16-/m1/s1. The van der Waals surface area contributed by atoms with Crippen molar-refractivity contribution >= 4 is 23.4 Å². The summed E-state index contributed by atoms with van der Waals surface area (Å²) in [7, 11) is 0. The van der Waals surface area contributed by atoms with Crippen LogP contribution in [-0.4, -0.2) is 29.8 Å². The first-order valence-electron chi connectivity index (χ1n) is 7.90. The fourth-order valence-electron chi connectivity index (χ4n) is 3.23. The zero-order chi connectivity index (χ0) is 15.6. The Morgan fingerprint density at radius 3 is 3.17 bits per heavy atom. The van der Waals surface area contributed by atoms with Crippen LogP contribution < -0.4 is 4.90 Å². The molecule has 4 nitrogen and oxygen atoms in total. The van der Waals surface area contributed by atoms with Gasteiger partial charge in [-0.3, -0.25) is 4.79 Å². The van der Waals surface area contributed by atoms with E-state index in [1.165, 1.54) is 5.56 Å². The molecule has 2 aromatic rings. The average Bonchev–Trinajstić information content (AvgIpc) is 2.61. The Bertz CT molecular complexity index is 734. The number of carbonyl (C=O) groups excluding carboxylic acids is 1. The lowest BCUT2D eigenvalue weighted by atomic mass is 9.95. The van der Waals surface area contributed by atoms with E-state index >= 15 is 0 Å². The average molecular weight is 326 g/mol. The van der Waals surface area contributed by atoms with Gasteiger partial charge in [0.05, 0.1) is 24.8 Å². The van der Waals surface area contributed by atoms with E-state index in [0.29, 0.717) is 13.0 Å². The number of hydrogen-bond donors (Lipinski definition) is 0. The molecule has 0 spiro atoms. The van der Waals surface area contributed by atoms with Gasteiger partial charge in [0.2, 0.25) is 5.91 Å². The van der Waals surface area contributed by atoms with Crippen molar-refractivity contribution in [2.24, 2.45) is 0 Å². The Morgan fingerprint density at radius 2 is 2.22 bits per heavy atom. The van der Waals surface area contributed by atoms with Crippen LogP contribution in [0.25, 0.3) is 0 Å². The maximum absolute atomic E-state index is 12.8. The van der Waals surface area contributed by atoms with Crippen molar-refractivity contribution in [1.82, 2.24) is 4.98 Å². The molecule has 1 aromatic carbocycles. The summed E-state index contributed by atoms with van der Waals surface area (Å²) in [5.74, 6) is 0.999. The van der Waals surface area contributed by atoms with Crippen LogP contribution >= 0.6 is 11.8 Å². The predicted molar refractivity (Wildman–Crippen MR) is 90.8 cm³/mol. The molecule has 4 rings (SSSR count). The molecule has 0 saturated carbocycles. The molecule has 118 valence electrons. The van der Waals surface area contributed by atoms with E-state index in [-0.39, 0.29) is 12.0 Å². The summed E-state index contributed by atoms with van der Waals surface area (Å²) in [6, 6.07) is 12.1. The molecule has 2 aliphatic heterocycles. The Morgan fingerprint density at radius 1 is 1.30 bits per heavy atom. The summed E-state index contributed by atoms with van der Waals surface area (Å²) in [4.78, 5) is 19.1. The minimum Gasteiger partial charge on any atom is -0.373 e. The van der Waals surface area contributed by atoms with Gasteiger partial charge in [-0.05, 0) is 29.7 Å². The third-order valence-electron chi connectivity index (χ3n) is 4.35. The molecule has 1 amide bonds. The van der Waals surface area contributed by atoms with Gasteiger partial charge in [0.15, 0.2) is 0 Å². The number of ether oxygens (including phenoxy) is 1. The molecule has 0 N–H and O–H groups in total.